The van der Waals surface area contributed by atoms with Crippen molar-refractivity contribution in [1.29, 1.82) is 0 Å². The molecule has 1 amide bonds. The van der Waals surface area contributed by atoms with Crippen molar-refractivity contribution in [3.8, 4) is 0 Å². The highest BCUT2D eigenvalue weighted by Gasteiger charge is 2.29. The largest absolute Gasteiger partial charge is 0.449 e. The van der Waals surface area contributed by atoms with E-state index in [9.17, 15) is 4.79 Å². The molecule has 104 valence electrons. The quantitative estimate of drug-likeness (QED) is 0.857. The van der Waals surface area contributed by atoms with Crippen molar-refractivity contribution in [3.05, 3.63) is 53.7 Å². The van der Waals surface area contributed by atoms with Crippen LogP contribution in [0.2, 0.25) is 0 Å². The molecule has 0 saturated carbocycles. The van der Waals surface area contributed by atoms with E-state index >= 15 is 0 Å². The van der Waals surface area contributed by atoms with Crippen LogP contribution in [-0.2, 0) is 17.8 Å². The smallest absolute Gasteiger partial charge is 0.223 e. The van der Waals surface area contributed by atoms with Gasteiger partial charge in [0.05, 0.1) is 12.2 Å². The van der Waals surface area contributed by atoms with Crippen LogP contribution in [0.5, 0.6) is 0 Å². The number of likely N-dealkylation sites (tertiary alicyclic amines) is 1. The minimum atomic E-state index is 0.214. The molecule has 2 heterocycles. The van der Waals surface area contributed by atoms with Gasteiger partial charge in [-0.3, -0.25) is 4.79 Å². The number of rotatable bonds is 4. The van der Waals surface area contributed by atoms with Crippen molar-refractivity contribution >= 4 is 5.91 Å². The number of carbonyl (C=O) groups is 1. The van der Waals surface area contributed by atoms with Crippen LogP contribution < -0.4 is 0 Å². The predicted molar refractivity (Wildman–Crippen MR) is 74.9 cm³/mol. The second-order valence-electron chi connectivity index (χ2n) is 5.39. The van der Waals surface area contributed by atoms with Gasteiger partial charge in [-0.15, -0.1) is 0 Å². The maximum absolute atomic E-state index is 12.1. The standard InChI is InChI=1S/C16H18N2O2/c1-12-17-15(11-20-12)10-18-9-14(8-16(18)19)7-13-5-3-2-4-6-13/h2-6,11,14H,7-10H2,1H3/t14-/m1/s1. The molecule has 3 rings (SSSR count). The molecule has 0 unspecified atom stereocenters. The molecule has 0 spiro atoms. The Morgan fingerprint density at radius 1 is 1.35 bits per heavy atom. The fourth-order valence-electron chi connectivity index (χ4n) is 2.77. The topological polar surface area (TPSA) is 46.3 Å². The molecule has 0 N–H and O–H groups in total. The van der Waals surface area contributed by atoms with Gasteiger partial charge in [0, 0.05) is 19.9 Å². The highest BCUT2D eigenvalue weighted by atomic mass is 16.3. The van der Waals surface area contributed by atoms with E-state index in [4.69, 9.17) is 4.42 Å². The number of hydrogen-bond acceptors (Lipinski definition) is 3. The van der Waals surface area contributed by atoms with Crippen molar-refractivity contribution in [1.82, 2.24) is 9.88 Å². The molecular weight excluding hydrogens is 252 g/mol. The molecule has 2 aromatic rings. The average molecular weight is 270 g/mol. The van der Waals surface area contributed by atoms with E-state index in [0.29, 0.717) is 24.8 Å². The first-order chi connectivity index (χ1) is 9.70. The van der Waals surface area contributed by atoms with Crippen LogP contribution in [0.25, 0.3) is 0 Å². The van der Waals surface area contributed by atoms with Gasteiger partial charge in [0.15, 0.2) is 5.89 Å². The van der Waals surface area contributed by atoms with E-state index in [-0.39, 0.29) is 5.91 Å². The van der Waals surface area contributed by atoms with E-state index < -0.39 is 0 Å². The average Bonchev–Trinajstić information content (AvgIpc) is 2.98. The number of oxazole rings is 1. The zero-order valence-corrected chi connectivity index (χ0v) is 11.6. The van der Waals surface area contributed by atoms with Crippen LogP contribution in [0.3, 0.4) is 0 Å². The van der Waals surface area contributed by atoms with Gasteiger partial charge in [0.25, 0.3) is 0 Å². The lowest BCUT2D eigenvalue weighted by molar-refractivity contribution is -0.128. The summed E-state index contributed by atoms with van der Waals surface area (Å²) in [4.78, 5) is 18.2. The van der Waals surface area contributed by atoms with Gasteiger partial charge >= 0.3 is 0 Å². The lowest BCUT2D eigenvalue weighted by atomic mass is 9.99. The Bertz CT molecular complexity index is 592. The lowest BCUT2D eigenvalue weighted by Gasteiger charge is -2.15. The minimum Gasteiger partial charge on any atom is -0.449 e. The summed E-state index contributed by atoms with van der Waals surface area (Å²) in [7, 11) is 0. The molecule has 0 aliphatic carbocycles. The molecule has 1 aromatic carbocycles. The molecule has 20 heavy (non-hydrogen) atoms. The molecular formula is C16H18N2O2. The first kappa shape index (κ1) is 12.9. The van der Waals surface area contributed by atoms with E-state index in [1.807, 2.05) is 30.0 Å². The minimum absolute atomic E-state index is 0.214. The molecule has 1 fully saturated rings. The summed E-state index contributed by atoms with van der Waals surface area (Å²) >= 11 is 0. The fourth-order valence-corrected chi connectivity index (χ4v) is 2.77. The Balaban J connectivity index is 1.60. The van der Waals surface area contributed by atoms with Crippen molar-refractivity contribution in [2.24, 2.45) is 5.92 Å². The summed E-state index contributed by atoms with van der Waals surface area (Å²) in [6.45, 7) is 3.18. The van der Waals surface area contributed by atoms with E-state index in [1.54, 1.807) is 6.26 Å². The lowest BCUT2D eigenvalue weighted by Crippen LogP contribution is -2.25. The summed E-state index contributed by atoms with van der Waals surface area (Å²) in [5.41, 5.74) is 2.13. The molecule has 1 aromatic heterocycles. The predicted octanol–water partition coefficient (Wildman–Crippen LogP) is 2.57. The van der Waals surface area contributed by atoms with E-state index in [1.165, 1.54) is 5.56 Å². The molecule has 4 heteroatoms. The fraction of sp³-hybridized carbons (Fsp3) is 0.375. The molecule has 4 nitrogen and oxygen atoms in total. The monoisotopic (exact) mass is 270 g/mol. The summed E-state index contributed by atoms with van der Waals surface area (Å²) in [6.07, 6.45) is 3.22. The Labute approximate surface area is 118 Å². The third-order valence-electron chi connectivity index (χ3n) is 3.68. The first-order valence-electron chi connectivity index (χ1n) is 6.93. The summed E-state index contributed by atoms with van der Waals surface area (Å²) in [6, 6.07) is 10.3. The number of carbonyl (C=O) groups excluding carboxylic acids is 1. The molecule has 1 aliphatic heterocycles. The van der Waals surface area contributed by atoms with Gasteiger partial charge < -0.3 is 9.32 Å². The number of aryl methyl sites for hydroxylation is 1. The van der Waals surface area contributed by atoms with Gasteiger partial charge in [0.1, 0.15) is 6.26 Å². The third-order valence-corrected chi connectivity index (χ3v) is 3.68. The number of aromatic nitrogens is 1. The van der Waals surface area contributed by atoms with Crippen LogP contribution in [0.15, 0.2) is 41.0 Å². The second-order valence-corrected chi connectivity index (χ2v) is 5.39. The Morgan fingerprint density at radius 3 is 2.85 bits per heavy atom. The highest BCUT2D eigenvalue weighted by molar-refractivity contribution is 5.78. The Hall–Kier alpha value is -2.10. The second kappa shape index (κ2) is 5.49. The Kier molecular flexibility index (Phi) is 3.54. The zero-order chi connectivity index (χ0) is 13.9. The van der Waals surface area contributed by atoms with Gasteiger partial charge in [-0.1, -0.05) is 30.3 Å². The van der Waals surface area contributed by atoms with Crippen LogP contribution >= 0.6 is 0 Å². The van der Waals surface area contributed by atoms with Gasteiger partial charge in [0.2, 0.25) is 5.91 Å². The van der Waals surface area contributed by atoms with Crippen LogP contribution in [0.1, 0.15) is 23.6 Å². The van der Waals surface area contributed by atoms with Crippen molar-refractivity contribution in [2.75, 3.05) is 6.54 Å². The number of amides is 1. The number of hydrogen-bond donors (Lipinski definition) is 0. The molecule has 0 radical (unpaired) electrons. The molecule has 1 atom stereocenters. The van der Waals surface area contributed by atoms with E-state index in [2.05, 4.69) is 17.1 Å². The maximum atomic E-state index is 12.1. The van der Waals surface area contributed by atoms with Crippen molar-refractivity contribution < 1.29 is 9.21 Å². The van der Waals surface area contributed by atoms with E-state index in [0.717, 1.165) is 18.7 Å². The SMILES string of the molecule is Cc1nc(CN2C[C@H](Cc3ccccc3)CC2=O)co1. The van der Waals surface area contributed by atoms with Gasteiger partial charge in [-0.2, -0.15) is 0 Å². The Morgan fingerprint density at radius 2 is 2.15 bits per heavy atom. The summed E-state index contributed by atoms with van der Waals surface area (Å²) < 4.78 is 5.18. The molecule has 1 saturated heterocycles. The van der Waals surface area contributed by atoms with Crippen LogP contribution in [-0.4, -0.2) is 22.3 Å². The summed E-state index contributed by atoms with van der Waals surface area (Å²) in [5, 5.41) is 0. The molecule has 1 aliphatic rings. The van der Waals surface area contributed by atoms with Gasteiger partial charge in [-0.25, -0.2) is 4.98 Å². The maximum Gasteiger partial charge on any atom is 0.223 e. The van der Waals surface area contributed by atoms with Crippen molar-refractivity contribution in [3.63, 3.8) is 0 Å². The number of benzene rings is 1. The number of nitrogens with zero attached hydrogens (tertiary/aromatic N) is 2. The zero-order valence-electron chi connectivity index (χ0n) is 11.6. The van der Waals surface area contributed by atoms with Crippen LogP contribution in [0, 0.1) is 12.8 Å². The van der Waals surface area contributed by atoms with Crippen LogP contribution in [0.4, 0.5) is 0 Å². The van der Waals surface area contributed by atoms with Crippen molar-refractivity contribution in [2.45, 2.75) is 26.3 Å². The molecule has 0 bridgehead atoms. The first-order valence-corrected chi connectivity index (χ1v) is 6.93. The highest BCUT2D eigenvalue weighted by Crippen LogP contribution is 2.23. The van der Waals surface area contributed by atoms with Gasteiger partial charge in [-0.05, 0) is 17.9 Å². The summed E-state index contributed by atoms with van der Waals surface area (Å²) in [5.74, 6) is 1.26. The normalized spacial score (nSPS) is 18.8. The third kappa shape index (κ3) is 2.90.